The molecule has 1 atom stereocenters. The van der Waals surface area contributed by atoms with Crippen molar-refractivity contribution in [2.45, 2.75) is 19.9 Å². The number of likely N-dealkylation sites (N-methyl/N-ethyl adjacent to an activating group) is 1. The summed E-state index contributed by atoms with van der Waals surface area (Å²) < 4.78 is 0. The molecular weight excluding hydrogens is 224 g/mol. The molecule has 1 aromatic rings. The summed E-state index contributed by atoms with van der Waals surface area (Å²) in [6.07, 6.45) is 0. The van der Waals surface area contributed by atoms with Gasteiger partial charge in [0.25, 0.3) is 0 Å². The molecule has 1 amide bonds. The fraction of sp³-hybridized carbons (Fsp3) is 0.400. The van der Waals surface area contributed by atoms with Crippen molar-refractivity contribution in [3.8, 4) is 0 Å². The highest BCUT2D eigenvalue weighted by atomic mass is 16.2. The number of nitrogens with one attached hydrogen (secondary N) is 1. The van der Waals surface area contributed by atoms with Gasteiger partial charge in [-0.05, 0) is 25.0 Å². The van der Waals surface area contributed by atoms with Crippen LogP contribution in [-0.4, -0.2) is 30.9 Å². The average Bonchev–Trinajstić information content (AvgIpc) is 2.35. The van der Waals surface area contributed by atoms with E-state index in [4.69, 9.17) is 0 Å². The van der Waals surface area contributed by atoms with E-state index in [1.165, 1.54) is 5.57 Å². The standard InChI is InChI=1S/C15H20N2O/c1-11(14-9-16-10-14)15(18)17(3)12(2)13-7-5-4-6-8-13/h4-8,12,16H,9-10H2,1-3H3. The van der Waals surface area contributed by atoms with Crippen LogP contribution < -0.4 is 5.32 Å². The molecule has 1 fully saturated rings. The van der Waals surface area contributed by atoms with Crippen molar-refractivity contribution in [1.82, 2.24) is 10.2 Å². The van der Waals surface area contributed by atoms with Crippen LogP contribution >= 0.6 is 0 Å². The van der Waals surface area contributed by atoms with Gasteiger partial charge in [0.2, 0.25) is 5.91 Å². The molecule has 96 valence electrons. The van der Waals surface area contributed by atoms with Crippen molar-refractivity contribution in [3.63, 3.8) is 0 Å². The van der Waals surface area contributed by atoms with Gasteiger partial charge < -0.3 is 10.2 Å². The highest BCUT2D eigenvalue weighted by Gasteiger charge is 2.22. The first kappa shape index (κ1) is 12.8. The molecule has 3 nitrogen and oxygen atoms in total. The van der Waals surface area contributed by atoms with Crippen molar-refractivity contribution in [3.05, 3.63) is 47.0 Å². The minimum absolute atomic E-state index is 0.0993. The fourth-order valence-electron chi connectivity index (χ4n) is 2.06. The predicted molar refractivity (Wildman–Crippen MR) is 73.2 cm³/mol. The Balaban J connectivity index is 2.11. The zero-order valence-corrected chi connectivity index (χ0v) is 11.2. The zero-order chi connectivity index (χ0) is 13.1. The van der Waals surface area contributed by atoms with Crippen LogP contribution in [-0.2, 0) is 4.79 Å². The Kier molecular flexibility index (Phi) is 3.82. The smallest absolute Gasteiger partial charge is 0.249 e. The Morgan fingerprint density at radius 1 is 1.28 bits per heavy atom. The second kappa shape index (κ2) is 5.36. The van der Waals surface area contributed by atoms with E-state index in [2.05, 4.69) is 24.4 Å². The molecule has 0 radical (unpaired) electrons. The van der Waals surface area contributed by atoms with Crippen molar-refractivity contribution in [1.29, 1.82) is 0 Å². The normalized spacial score (nSPS) is 15.8. The van der Waals surface area contributed by atoms with E-state index in [1.807, 2.05) is 37.1 Å². The molecule has 0 aromatic heterocycles. The van der Waals surface area contributed by atoms with Gasteiger partial charge in [-0.25, -0.2) is 0 Å². The summed E-state index contributed by atoms with van der Waals surface area (Å²) in [5.41, 5.74) is 3.28. The third-order valence-corrected chi connectivity index (χ3v) is 3.71. The van der Waals surface area contributed by atoms with Crippen LogP contribution in [0.5, 0.6) is 0 Å². The lowest BCUT2D eigenvalue weighted by atomic mass is 10.0. The Hall–Kier alpha value is -1.61. The van der Waals surface area contributed by atoms with Gasteiger partial charge in [-0.2, -0.15) is 0 Å². The maximum atomic E-state index is 12.3. The molecular formula is C15H20N2O. The number of amides is 1. The van der Waals surface area contributed by atoms with Crippen LogP contribution in [0.4, 0.5) is 0 Å². The van der Waals surface area contributed by atoms with E-state index in [-0.39, 0.29) is 11.9 Å². The lowest BCUT2D eigenvalue weighted by Crippen LogP contribution is -2.38. The van der Waals surface area contributed by atoms with Crippen LogP contribution in [0.1, 0.15) is 25.5 Å². The summed E-state index contributed by atoms with van der Waals surface area (Å²) in [5.74, 6) is 0.128. The third-order valence-electron chi connectivity index (χ3n) is 3.71. The number of carbonyl (C=O) groups is 1. The molecule has 0 spiro atoms. The highest BCUT2D eigenvalue weighted by molar-refractivity contribution is 5.94. The second-order valence-corrected chi connectivity index (χ2v) is 4.83. The summed E-state index contributed by atoms with van der Waals surface area (Å²) in [6, 6.07) is 10.2. The average molecular weight is 244 g/mol. The monoisotopic (exact) mass is 244 g/mol. The molecule has 3 heteroatoms. The second-order valence-electron chi connectivity index (χ2n) is 4.83. The van der Waals surface area contributed by atoms with Crippen molar-refractivity contribution in [2.75, 3.05) is 20.1 Å². The largest absolute Gasteiger partial charge is 0.335 e. The first-order valence-electron chi connectivity index (χ1n) is 6.32. The zero-order valence-electron chi connectivity index (χ0n) is 11.2. The Morgan fingerprint density at radius 3 is 2.39 bits per heavy atom. The van der Waals surface area contributed by atoms with Crippen LogP contribution in [0, 0.1) is 0 Å². The van der Waals surface area contributed by atoms with E-state index in [9.17, 15) is 4.79 Å². The summed E-state index contributed by atoms with van der Waals surface area (Å²) >= 11 is 0. The molecule has 0 saturated carbocycles. The van der Waals surface area contributed by atoms with Gasteiger partial charge >= 0.3 is 0 Å². The summed E-state index contributed by atoms with van der Waals surface area (Å²) in [6.45, 7) is 5.69. The maximum absolute atomic E-state index is 12.3. The molecule has 0 bridgehead atoms. The van der Waals surface area contributed by atoms with Crippen LogP contribution in [0.3, 0.4) is 0 Å². The van der Waals surface area contributed by atoms with Crippen LogP contribution in [0.15, 0.2) is 41.5 Å². The Bertz CT molecular complexity index is 459. The van der Waals surface area contributed by atoms with Gasteiger partial charge in [0.1, 0.15) is 0 Å². The Morgan fingerprint density at radius 2 is 1.89 bits per heavy atom. The maximum Gasteiger partial charge on any atom is 0.249 e. The van der Waals surface area contributed by atoms with E-state index in [1.54, 1.807) is 0 Å². The fourth-order valence-corrected chi connectivity index (χ4v) is 2.06. The SMILES string of the molecule is CC(C(=O)N(C)C(C)c1ccccc1)=C1CNC1. The number of carbonyl (C=O) groups excluding carboxylic acids is 1. The van der Waals surface area contributed by atoms with Gasteiger partial charge in [-0.15, -0.1) is 0 Å². The predicted octanol–water partition coefficient (Wildman–Crippen LogP) is 2.13. The molecule has 1 saturated heterocycles. The Labute approximate surface area is 108 Å². The van der Waals surface area contributed by atoms with Gasteiger partial charge in [-0.1, -0.05) is 30.3 Å². The van der Waals surface area contributed by atoms with E-state index in [0.717, 1.165) is 24.2 Å². The van der Waals surface area contributed by atoms with E-state index in [0.29, 0.717) is 0 Å². The quantitative estimate of drug-likeness (QED) is 0.826. The number of hydrogen-bond acceptors (Lipinski definition) is 2. The van der Waals surface area contributed by atoms with Crippen molar-refractivity contribution >= 4 is 5.91 Å². The molecule has 1 N–H and O–H groups in total. The minimum Gasteiger partial charge on any atom is -0.335 e. The summed E-state index contributed by atoms with van der Waals surface area (Å²) in [7, 11) is 1.87. The van der Waals surface area contributed by atoms with Gasteiger partial charge in [0.05, 0.1) is 6.04 Å². The number of rotatable bonds is 3. The van der Waals surface area contributed by atoms with E-state index < -0.39 is 0 Å². The molecule has 1 heterocycles. The molecule has 1 aliphatic rings. The first-order valence-corrected chi connectivity index (χ1v) is 6.32. The number of hydrogen-bond donors (Lipinski definition) is 1. The summed E-state index contributed by atoms with van der Waals surface area (Å²) in [5, 5.41) is 3.17. The molecule has 1 unspecified atom stereocenters. The molecule has 2 rings (SSSR count). The summed E-state index contributed by atoms with van der Waals surface area (Å²) in [4.78, 5) is 14.1. The lowest BCUT2D eigenvalue weighted by molar-refractivity contribution is -0.127. The van der Waals surface area contributed by atoms with E-state index >= 15 is 0 Å². The lowest BCUT2D eigenvalue weighted by Gasteiger charge is -2.28. The first-order chi connectivity index (χ1) is 8.61. The van der Waals surface area contributed by atoms with Crippen molar-refractivity contribution < 1.29 is 4.79 Å². The molecule has 1 aliphatic heterocycles. The minimum atomic E-state index is 0.0993. The number of benzene rings is 1. The van der Waals surface area contributed by atoms with Crippen LogP contribution in [0.25, 0.3) is 0 Å². The van der Waals surface area contributed by atoms with Gasteiger partial charge in [0, 0.05) is 25.7 Å². The molecule has 1 aromatic carbocycles. The topological polar surface area (TPSA) is 32.3 Å². The number of nitrogens with zero attached hydrogens (tertiary/aromatic N) is 1. The van der Waals surface area contributed by atoms with Crippen LogP contribution in [0.2, 0.25) is 0 Å². The van der Waals surface area contributed by atoms with Gasteiger partial charge in [-0.3, -0.25) is 4.79 Å². The highest BCUT2D eigenvalue weighted by Crippen LogP contribution is 2.21. The van der Waals surface area contributed by atoms with Gasteiger partial charge in [0.15, 0.2) is 0 Å². The molecule has 0 aliphatic carbocycles. The van der Waals surface area contributed by atoms with Crippen molar-refractivity contribution in [2.24, 2.45) is 0 Å². The molecule has 18 heavy (non-hydrogen) atoms. The third kappa shape index (κ3) is 2.46.